The van der Waals surface area contributed by atoms with E-state index in [2.05, 4.69) is 36.4 Å². The predicted octanol–water partition coefficient (Wildman–Crippen LogP) is 13.0. The largest absolute Gasteiger partial charge is 0.0823 e. The Morgan fingerprint density at radius 3 is 1.82 bits per heavy atom. The quantitative estimate of drug-likeness (QED) is 0.101. The van der Waals surface area contributed by atoms with Crippen LogP contribution in [0.5, 0.6) is 0 Å². The molecule has 0 radical (unpaired) electrons. The van der Waals surface area contributed by atoms with Crippen LogP contribution in [-0.4, -0.2) is 3.92 Å². The zero-order valence-electron chi connectivity index (χ0n) is 26.0. The second-order valence-corrected chi connectivity index (χ2v) is 16.5. The van der Waals surface area contributed by atoms with Gasteiger partial charge >= 0.3 is 0 Å². The molecule has 0 aromatic carbocycles. The molecule has 4 saturated carbocycles. The molecule has 38 heavy (non-hydrogen) atoms. The fourth-order valence-electron chi connectivity index (χ4n) is 10.2. The van der Waals surface area contributed by atoms with Gasteiger partial charge in [-0.2, -0.15) is 0 Å². The molecule has 0 bridgehead atoms. The summed E-state index contributed by atoms with van der Waals surface area (Å²) in [7, 11) is 0. The van der Waals surface area contributed by atoms with Crippen LogP contribution in [0.15, 0.2) is 0 Å². The highest BCUT2D eigenvalue weighted by Gasteiger charge is 2.40. The summed E-state index contributed by atoms with van der Waals surface area (Å²) in [6.07, 6.45) is 39.8. The van der Waals surface area contributed by atoms with Gasteiger partial charge in [-0.1, -0.05) is 139 Å². The molecule has 0 aromatic rings. The Kier molecular flexibility index (Phi) is 14.7. The van der Waals surface area contributed by atoms with E-state index in [9.17, 15) is 0 Å². The van der Waals surface area contributed by atoms with Crippen LogP contribution in [-0.2, 0) is 0 Å². The SMILES string of the molecule is CCCCCCCC(C(I)CCC1CCCCC1)C1CCC(C2CCC(C3CCCCC3)CC2)C[C@@H]1CC. The molecule has 0 N–H and O–H groups in total. The minimum atomic E-state index is 0.933. The number of unbranched alkanes of at least 4 members (excludes halogenated alkanes) is 4. The lowest BCUT2D eigenvalue weighted by Gasteiger charge is -2.46. The minimum absolute atomic E-state index is 0.933. The number of alkyl halides is 1. The molecule has 0 spiro atoms. The molecule has 4 fully saturated rings. The van der Waals surface area contributed by atoms with E-state index in [-0.39, 0.29) is 0 Å². The molecule has 0 aromatic heterocycles. The van der Waals surface area contributed by atoms with Gasteiger partial charge in [-0.05, 0) is 112 Å². The molecule has 1 heteroatoms. The van der Waals surface area contributed by atoms with Crippen LogP contribution in [0.1, 0.15) is 181 Å². The van der Waals surface area contributed by atoms with E-state index in [1.165, 1.54) is 103 Å². The number of rotatable bonds is 14. The van der Waals surface area contributed by atoms with Crippen LogP contribution in [0.2, 0.25) is 0 Å². The summed E-state index contributed by atoms with van der Waals surface area (Å²) in [4.78, 5) is 0. The molecular formula is C37H67I. The van der Waals surface area contributed by atoms with Crippen molar-refractivity contribution in [3.8, 4) is 0 Å². The fourth-order valence-corrected chi connectivity index (χ4v) is 11.5. The van der Waals surface area contributed by atoms with E-state index in [0.29, 0.717) is 0 Å². The first-order valence-electron chi connectivity index (χ1n) is 18.3. The van der Waals surface area contributed by atoms with Crippen molar-refractivity contribution in [1.82, 2.24) is 0 Å². The number of halogens is 1. The van der Waals surface area contributed by atoms with Crippen LogP contribution >= 0.6 is 22.6 Å². The summed E-state index contributed by atoms with van der Waals surface area (Å²) in [5, 5.41) is 0. The third kappa shape index (κ3) is 9.64. The summed E-state index contributed by atoms with van der Waals surface area (Å²) >= 11 is 2.97. The van der Waals surface area contributed by atoms with Crippen LogP contribution in [0.4, 0.5) is 0 Å². The van der Waals surface area contributed by atoms with E-state index < -0.39 is 0 Å². The standard InChI is InChI=1S/C37H67I/c1-3-5-6-7-14-19-36(37(38)27-20-29-15-10-8-11-16-29)35-26-25-34(28-30(35)4-2)33-23-21-32(22-24-33)31-17-12-9-13-18-31/h29-37H,3-28H2,1-2H3/t30-,32?,33?,34?,35?,36?,37?/m0/s1. The van der Waals surface area contributed by atoms with Crippen molar-refractivity contribution in [3.63, 3.8) is 0 Å². The Hall–Kier alpha value is 0.730. The maximum absolute atomic E-state index is 2.97. The average Bonchev–Trinajstić information content (AvgIpc) is 2.98. The Balaban J connectivity index is 1.29. The first-order valence-corrected chi connectivity index (χ1v) is 19.6. The van der Waals surface area contributed by atoms with Crippen molar-refractivity contribution in [2.75, 3.05) is 0 Å². The van der Waals surface area contributed by atoms with Gasteiger partial charge in [0.05, 0.1) is 0 Å². The third-order valence-electron chi connectivity index (χ3n) is 12.6. The van der Waals surface area contributed by atoms with Crippen molar-refractivity contribution in [2.45, 2.75) is 185 Å². The maximum Gasteiger partial charge on any atom is 0.0141 e. The zero-order valence-corrected chi connectivity index (χ0v) is 28.1. The van der Waals surface area contributed by atoms with Gasteiger partial charge in [-0.15, -0.1) is 0 Å². The van der Waals surface area contributed by atoms with Crippen molar-refractivity contribution in [3.05, 3.63) is 0 Å². The van der Waals surface area contributed by atoms with Crippen molar-refractivity contribution in [1.29, 1.82) is 0 Å². The Bertz CT molecular complexity index is 594. The second-order valence-electron chi connectivity index (χ2n) is 14.9. The molecule has 4 unspecified atom stereocenters. The van der Waals surface area contributed by atoms with Crippen molar-refractivity contribution in [2.24, 2.45) is 47.3 Å². The highest BCUT2D eigenvalue weighted by atomic mass is 127. The number of hydrogen-bond acceptors (Lipinski definition) is 0. The second kappa shape index (κ2) is 17.6. The van der Waals surface area contributed by atoms with Gasteiger partial charge in [0.2, 0.25) is 0 Å². The number of hydrogen-bond donors (Lipinski definition) is 0. The van der Waals surface area contributed by atoms with Crippen LogP contribution < -0.4 is 0 Å². The van der Waals surface area contributed by atoms with Gasteiger partial charge in [-0.25, -0.2) is 0 Å². The molecule has 4 rings (SSSR count). The smallest absolute Gasteiger partial charge is 0.0141 e. The first-order chi connectivity index (χ1) is 18.7. The highest BCUT2D eigenvalue weighted by molar-refractivity contribution is 14.1. The lowest BCUT2D eigenvalue weighted by molar-refractivity contribution is 0.0589. The normalized spacial score (nSPS) is 33.7. The minimum Gasteiger partial charge on any atom is -0.0823 e. The van der Waals surface area contributed by atoms with Gasteiger partial charge in [0, 0.05) is 3.92 Å². The molecule has 4 aliphatic carbocycles. The summed E-state index contributed by atoms with van der Waals surface area (Å²) in [5.41, 5.74) is 0. The van der Waals surface area contributed by atoms with E-state index in [4.69, 9.17) is 0 Å². The predicted molar refractivity (Wildman–Crippen MR) is 177 cm³/mol. The van der Waals surface area contributed by atoms with Crippen LogP contribution in [0, 0.1) is 47.3 Å². The van der Waals surface area contributed by atoms with E-state index in [0.717, 1.165) is 51.3 Å². The Morgan fingerprint density at radius 2 is 1.16 bits per heavy atom. The van der Waals surface area contributed by atoms with Crippen LogP contribution in [0.25, 0.3) is 0 Å². The van der Waals surface area contributed by atoms with E-state index in [1.807, 2.05) is 0 Å². The zero-order chi connectivity index (χ0) is 26.6. The van der Waals surface area contributed by atoms with Gasteiger partial charge in [-0.3, -0.25) is 0 Å². The van der Waals surface area contributed by atoms with Gasteiger partial charge in [0.25, 0.3) is 0 Å². The molecule has 4 aliphatic rings. The highest BCUT2D eigenvalue weighted by Crippen LogP contribution is 2.50. The first kappa shape index (κ1) is 31.7. The third-order valence-corrected chi connectivity index (χ3v) is 14.2. The van der Waals surface area contributed by atoms with Crippen molar-refractivity contribution >= 4 is 22.6 Å². The van der Waals surface area contributed by atoms with E-state index in [1.54, 1.807) is 64.2 Å². The lowest BCUT2D eigenvalue weighted by atomic mass is 9.60. The van der Waals surface area contributed by atoms with E-state index >= 15 is 0 Å². The lowest BCUT2D eigenvalue weighted by Crippen LogP contribution is -2.37. The summed E-state index contributed by atoms with van der Waals surface area (Å²) in [6, 6.07) is 0. The summed E-state index contributed by atoms with van der Waals surface area (Å²) in [6.45, 7) is 4.92. The Labute approximate surface area is 253 Å². The van der Waals surface area contributed by atoms with Crippen molar-refractivity contribution < 1.29 is 0 Å². The monoisotopic (exact) mass is 638 g/mol. The topological polar surface area (TPSA) is 0 Å². The van der Waals surface area contributed by atoms with Gasteiger partial charge < -0.3 is 0 Å². The molecular weight excluding hydrogens is 571 g/mol. The molecule has 0 aliphatic heterocycles. The van der Waals surface area contributed by atoms with Crippen LogP contribution in [0.3, 0.4) is 0 Å². The molecule has 0 heterocycles. The Morgan fingerprint density at radius 1 is 0.579 bits per heavy atom. The summed E-state index contributed by atoms with van der Waals surface area (Å²) < 4.78 is 0.933. The molecule has 5 atom stereocenters. The molecule has 0 saturated heterocycles. The molecule has 0 amide bonds. The summed E-state index contributed by atoms with van der Waals surface area (Å²) in [5.74, 6) is 8.50. The fraction of sp³-hybridized carbons (Fsp3) is 1.00. The van der Waals surface area contributed by atoms with Gasteiger partial charge in [0.15, 0.2) is 0 Å². The molecule has 0 nitrogen and oxygen atoms in total. The molecule has 222 valence electrons. The maximum atomic E-state index is 2.97. The average molecular weight is 639 g/mol. The van der Waals surface area contributed by atoms with Gasteiger partial charge in [0.1, 0.15) is 0 Å².